The lowest BCUT2D eigenvalue weighted by molar-refractivity contribution is -0.138. The number of nitrogens with zero attached hydrogens (tertiary/aromatic N) is 1. The van der Waals surface area contributed by atoms with Crippen LogP contribution in [-0.4, -0.2) is 100 Å². The molecule has 8 N–H and O–H groups in total. The van der Waals surface area contributed by atoms with Crippen LogP contribution in [0, 0.1) is 0 Å². The molecule has 0 amide bonds. The van der Waals surface area contributed by atoms with Crippen molar-refractivity contribution in [3.63, 3.8) is 0 Å². The van der Waals surface area contributed by atoms with Gasteiger partial charge in [0, 0.05) is 92.1 Å². The van der Waals surface area contributed by atoms with Crippen molar-refractivity contribution < 1.29 is 68.8 Å². The first-order chi connectivity index (χ1) is 33.2. The highest BCUT2D eigenvalue weighted by Gasteiger charge is 2.27. The third kappa shape index (κ3) is 13.6. The summed E-state index contributed by atoms with van der Waals surface area (Å²) in [7, 11) is 1.56. The standard InChI is InChI=1S/C26H22N2O3.C12H12O7.C9H11NO.C5H10O3/c29-26(30)18-8-2-1-7-17(18)25-19-11-15-5-3-9-27-21(15)13-23(19)31-24-14-22-16(12-20(24)25)6-4-10-28-22;13-10(14)2-1-5-19-7-3-4-8(11(15)16)9(6-7)12(17)18;11-8-4-3-7-2-1-5-10-9(7)6-8;1-8-4-2-3-5(6)7/h1-2,7-8,11-14,27H,3-6,9-10H2,(H,29,30);3-4,6H,1-2,5H2,(H,13,14)(H,15,16)(H,17,18);3-4,6,10-11H,1-2,5H2;2-4H2,1H3,(H,6,7). The Hall–Kier alpha value is -7.92. The van der Waals surface area contributed by atoms with Gasteiger partial charge in [0.05, 0.1) is 28.7 Å². The lowest BCUT2D eigenvalue weighted by atomic mass is 9.87. The molecule has 0 spiro atoms. The number of fused-ring (bicyclic) bond motifs is 5. The van der Waals surface area contributed by atoms with E-state index in [9.17, 15) is 29.1 Å². The van der Waals surface area contributed by atoms with Crippen LogP contribution in [0.5, 0.6) is 23.0 Å². The molecule has 0 unspecified atom stereocenters. The maximum atomic E-state index is 12.1. The van der Waals surface area contributed by atoms with E-state index in [4.69, 9.17) is 35.0 Å². The first-order valence-corrected chi connectivity index (χ1v) is 22.6. The number of aromatic carboxylic acids is 3. The Morgan fingerprint density at radius 2 is 1.28 bits per heavy atom. The number of methoxy groups -OCH3 is 1. The van der Waals surface area contributed by atoms with Crippen LogP contribution in [0.2, 0.25) is 0 Å². The normalized spacial score (nSPS) is 13.4. The number of hydrogen-bond acceptors (Lipinski definition) is 12. The summed E-state index contributed by atoms with van der Waals surface area (Å²) in [5.41, 5.74) is 8.15. The van der Waals surface area contributed by atoms with Crippen molar-refractivity contribution in [1.29, 1.82) is 0 Å². The van der Waals surface area contributed by atoms with Crippen molar-refractivity contribution in [2.24, 2.45) is 4.99 Å². The summed E-state index contributed by atoms with van der Waals surface area (Å²) in [6, 6.07) is 24.7. The van der Waals surface area contributed by atoms with Crippen molar-refractivity contribution in [3.05, 3.63) is 140 Å². The summed E-state index contributed by atoms with van der Waals surface area (Å²) in [5, 5.41) is 61.9. The fourth-order valence-corrected chi connectivity index (χ4v) is 8.14. The highest BCUT2D eigenvalue weighted by Crippen LogP contribution is 2.41. The molecular formula is C52H55N3O14. The first kappa shape index (κ1) is 50.5. The van der Waals surface area contributed by atoms with E-state index in [0.29, 0.717) is 24.3 Å². The summed E-state index contributed by atoms with van der Waals surface area (Å²) in [6.07, 6.45) is 7.43. The summed E-state index contributed by atoms with van der Waals surface area (Å²) in [4.78, 5) is 58.6. The minimum Gasteiger partial charge on any atom is -0.508 e. The fraction of sp³-hybridized carbons (Fsp3) is 0.308. The average Bonchev–Trinajstić information content (AvgIpc) is 3.33. The van der Waals surface area contributed by atoms with E-state index >= 15 is 0 Å². The number of phenolic OH excluding ortho intramolecular Hbond substituents is 1. The number of benzene rings is 5. The molecule has 17 heteroatoms. The number of aliphatic carboxylic acids is 2. The minimum absolute atomic E-state index is 0.0566. The fourth-order valence-electron chi connectivity index (χ4n) is 8.14. The van der Waals surface area contributed by atoms with Gasteiger partial charge in [0.2, 0.25) is 0 Å². The van der Waals surface area contributed by atoms with E-state index in [-0.39, 0.29) is 42.7 Å². The third-order valence-corrected chi connectivity index (χ3v) is 11.4. The molecule has 4 aliphatic rings. The van der Waals surface area contributed by atoms with Crippen LogP contribution in [0.3, 0.4) is 0 Å². The van der Waals surface area contributed by atoms with Gasteiger partial charge in [-0.2, -0.15) is 0 Å². The van der Waals surface area contributed by atoms with Gasteiger partial charge in [0.1, 0.15) is 23.0 Å². The number of carboxylic acid groups (broad SMARTS) is 5. The molecule has 0 aromatic heterocycles. The molecule has 4 heterocycles. The van der Waals surface area contributed by atoms with Crippen LogP contribution in [0.15, 0.2) is 89.9 Å². The number of aromatic hydroxyl groups is 1. The van der Waals surface area contributed by atoms with Gasteiger partial charge in [0.15, 0.2) is 0 Å². The number of carbonyl (C=O) groups is 5. The Kier molecular flexibility index (Phi) is 17.7. The predicted octanol–water partition coefficient (Wildman–Crippen LogP) is 7.24. The molecule has 17 nitrogen and oxygen atoms in total. The van der Waals surface area contributed by atoms with Gasteiger partial charge >= 0.3 is 29.8 Å². The Morgan fingerprint density at radius 1 is 0.623 bits per heavy atom. The highest BCUT2D eigenvalue weighted by atomic mass is 16.5. The van der Waals surface area contributed by atoms with Gasteiger partial charge in [-0.3, -0.25) is 14.6 Å². The molecule has 0 radical (unpaired) electrons. The monoisotopic (exact) mass is 945 g/mol. The van der Waals surface area contributed by atoms with Crippen LogP contribution < -0.4 is 30.7 Å². The van der Waals surface area contributed by atoms with Crippen molar-refractivity contribution in [2.75, 3.05) is 50.6 Å². The topological polar surface area (TPSA) is 271 Å². The second-order valence-corrected chi connectivity index (χ2v) is 16.4. The molecule has 5 aromatic carbocycles. The predicted molar refractivity (Wildman–Crippen MR) is 255 cm³/mol. The maximum Gasteiger partial charge on any atom is 0.336 e. The van der Waals surface area contributed by atoms with Gasteiger partial charge in [-0.05, 0) is 116 Å². The SMILES string of the molecule is COCCCC(=O)O.O=C(O)CCCOc1ccc(C(=O)O)c(C(=O)O)c1.O=C(O)c1ccccc1C1=c2cc3c(cc2Oc2cc4c(cc21)CCCN4)=NCCC3.Oc1ccc2c(c1)NCCC2. The lowest BCUT2D eigenvalue weighted by Gasteiger charge is -2.26. The number of anilines is 2. The Bertz CT molecular complexity index is 2840. The molecule has 4 aliphatic heterocycles. The molecule has 0 atom stereocenters. The summed E-state index contributed by atoms with van der Waals surface area (Å²) in [5.74, 6) is -3.31. The van der Waals surface area contributed by atoms with E-state index in [1.807, 2.05) is 24.3 Å². The first-order valence-electron chi connectivity index (χ1n) is 22.6. The molecular weight excluding hydrogens is 891 g/mol. The number of carboxylic acids is 5. The van der Waals surface area contributed by atoms with Gasteiger partial charge in [-0.25, -0.2) is 14.4 Å². The van der Waals surface area contributed by atoms with Crippen molar-refractivity contribution in [2.45, 2.75) is 64.2 Å². The second-order valence-electron chi connectivity index (χ2n) is 16.4. The van der Waals surface area contributed by atoms with Crippen molar-refractivity contribution in [1.82, 2.24) is 0 Å². The third-order valence-electron chi connectivity index (χ3n) is 11.4. The molecule has 9 rings (SSSR count). The maximum absolute atomic E-state index is 12.1. The van der Waals surface area contributed by atoms with Crippen molar-refractivity contribution in [3.8, 4) is 23.0 Å². The van der Waals surface area contributed by atoms with E-state index < -0.39 is 29.8 Å². The molecule has 5 aromatic rings. The highest BCUT2D eigenvalue weighted by molar-refractivity contribution is 6.02. The molecule has 69 heavy (non-hydrogen) atoms. The summed E-state index contributed by atoms with van der Waals surface area (Å²) < 4.78 is 16.2. The van der Waals surface area contributed by atoms with Crippen LogP contribution in [0.25, 0.3) is 5.57 Å². The molecule has 0 bridgehead atoms. The number of phenols is 1. The second kappa shape index (κ2) is 24.2. The number of nitrogens with one attached hydrogen (secondary N) is 2. The summed E-state index contributed by atoms with van der Waals surface area (Å²) >= 11 is 0. The number of aryl methyl sites for hydroxylation is 3. The zero-order valence-corrected chi connectivity index (χ0v) is 38.1. The van der Waals surface area contributed by atoms with Gasteiger partial charge in [-0.1, -0.05) is 24.3 Å². The Balaban J connectivity index is 0.000000174. The van der Waals surface area contributed by atoms with E-state index in [0.717, 1.165) is 114 Å². The molecule has 0 fully saturated rings. The van der Waals surface area contributed by atoms with Gasteiger partial charge < -0.3 is 55.5 Å². The van der Waals surface area contributed by atoms with Crippen LogP contribution >= 0.6 is 0 Å². The van der Waals surface area contributed by atoms with Gasteiger partial charge in [0.25, 0.3) is 0 Å². The van der Waals surface area contributed by atoms with Gasteiger partial charge in [-0.15, -0.1) is 0 Å². The largest absolute Gasteiger partial charge is 0.508 e. The average molecular weight is 946 g/mol. The molecule has 0 aliphatic carbocycles. The number of hydrogen-bond donors (Lipinski definition) is 8. The van der Waals surface area contributed by atoms with Crippen LogP contribution in [0.1, 0.15) is 104 Å². The molecule has 0 saturated heterocycles. The Morgan fingerprint density at radius 3 is 1.96 bits per heavy atom. The quantitative estimate of drug-likeness (QED) is 0.0530. The van der Waals surface area contributed by atoms with E-state index in [1.165, 1.54) is 29.2 Å². The zero-order valence-electron chi connectivity index (χ0n) is 38.1. The minimum atomic E-state index is -1.37. The van der Waals surface area contributed by atoms with Crippen molar-refractivity contribution >= 4 is 46.8 Å². The number of ether oxygens (including phenoxy) is 3. The molecule has 0 saturated carbocycles. The Labute approximate surface area is 397 Å². The van der Waals surface area contributed by atoms with Crippen LogP contribution in [0.4, 0.5) is 11.4 Å². The smallest absolute Gasteiger partial charge is 0.336 e. The van der Waals surface area contributed by atoms with E-state index in [2.05, 4.69) is 38.6 Å². The zero-order chi connectivity index (χ0) is 49.5. The lowest BCUT2D eigenvalue weighted by Crippen LogP contribution is -2.26. The number of rotatable bonds is 13. The molecule has 362 valence electrons. The summed E-state index contributed by atoms with van der Waals surface area (Å²) in [6.45, 7) is 3.45. The van der Waals surface area contributed by atoms with E-state index in [1.54, 1.807) is 31.4 Å². The van der Waals surface area contributed by atoms with Crippen LogP contribution in [-0.2, 0) is 33.6 Å².